The van der Waals surface area contributed by atoms with Gasteiger partial charge in [0.25, 0.3) is 5.56 Å². The Labute approximate surface area is 78.2 Å². The third-order valence-electron chi connectivity index (χ3n) is 2.58. The normalized spacial score (nSPS) is 16.5. The fourth-order valence-corrected chi connectivity index (χ4v) is 1.52. The van der Waals surface area contributed by atoms with Gasteiger partial charge in [0.2, 0.25) is 0 Å². The predicted molar refractivity (Wildman–Crippen MR) is 53.1 cm³/mol. The smallest absolute Gasteiger partial charge is 0.251 e. The van der Waals surface area contributed by atoms with Crippen LogP contribution in [0, 0.1) is 0 Å². The van der Waals surface area contributed by atoms with E-state index < -0.39 is 0 Å². The van der Waals surface area contributed by atoms with Gasteiger partial charge in [-0.3, -0.25) is 4.79 Å². The van der Waals surface area contributed by atoms with E-state index in [9.17, 15) is 4.79 Å². The van der Waals surface area contributed by atoms with Crippen LogP contribution >= 0.6 is 0 Å². The van der Waals surface area contributed by atoms with E-state index in [1.807, 2.05) is 10.8 Å². The predicted octanol–water partition coefficient (Wildman–Crippen LogP) is 2.31. The van der Waals surface area contributed by atoms with Gasteiger partial charge in [0.1, 0.15) is 0 Å². The van der Waals surface area contributed by atoms with Crippen LogP contribution < -0.4 is 5.56 Å². The Kier molecular flexibility index (Phi) is 1.98. The molecular weight excluding hydrogens is 162 g/mol. The molecule has 70 valence electrons. The summed E-state index contributed by atoms with van der Waals surface area (Å²) in [6.45, 7) is 4.21. The molecule has 0 spiro atoms. The van der Waals surface area contributed by atoms with Crippen LogP contribution in [0.25, 0.3) is 0 Å². The molecule has 1 heterocycles. The molecule has 0 atom stereocenters. The van der Waals surface area contributed by atoms with Crippen molar-refractivity contribution in [3.8, 4) is 0 Å². The third kappa shape index (κ3) is 1.67. The fraction of sp³-hybridized carbons (Fsp3) is 0.545. The highest BCUT2D eigenvalue weighted by Crippen LogP contribution is 2.33. The average Bonchev–Trinajstić information content (AvgIpc) is 2.87. The van der Waals surface area contributed by atoms with Crippen molar-refractivity contribution < 1.29 is 0 Å². The summed E-state index contributed by atoms with van der Waals surface area (Å²) in [5, 5.41) is 0. The van der Waals surface area contributed by atoms with Crippen molar-refractivity contribution >= 4 is 0 Å². The van der Waals surface area contributed by atoms with Gasteiger partial charge in [-0.2, -0.15) is 0 Å². The molecule has 1 aromatic heterocycles. The molecule has 1 aliphatic rings. The molecule has 2 rings (SSSR count). The van der Waals surface area contributed by atoms with Crippen LogP contribution in [0.1, 0.15) is 44.2 Å². The molecule has 0 amide bonds. The van der Waals surface area contributed by atoms with Crippen LogP contribution in [0.5, 0.6) is 0 Å². The zero-order valence-corrected chi connectivity index (χ0v) is 8.16. The Hall–Kier alpha value is -1.05. The maximum atomic E-state index is 11.6. The number of pyridine rings is 1. The largest absolute Gasteiger partial charge is 0.312 e. The minimum Gasteiger partial charge on any atom is -0.312 e. The molecule has 0 aliphatic heterocycles. The first-order chi connectivity index (χ1) is 6.18. The van der Waals surface area contributed by atoms with E-state index in [1.165, 1.54) is 12.8 Å². The lowest BCUT2D eigenvalue weighted by Crippen LogP contribution is -2.18. The number of rotatable bonds is 2. The third-order valence-corrected chi connectivity index (χ3v) is 2.58. The Morgan fingerprint density at radius 2 is 2.15 bits per heavy atom. The minimum atomic E-state index is 0.161. The van der Waals surface area contributed by atoms with Gasteiger partial charge in [0.05, 0.1) is 0 Å². The van der Waals surface area contributed by atoms with Gasteiger partial charge in [-0.25, -0.2) is 0 Å². The van der Waals surface area contributed by atoms with Gasteiger partial charge in [-0.15, -0.1) is 0 Å². The van der Waals surface area contributed by atoms with Crippen molar-refractivity contribution in [2.75, 3.05) is 0 Å². The van der Waals surface area contributed by atoms with Crippen LogP contribution in [-0.4, -0.2) is 4.57 Å². The SMILES string of the molecule is CC(C)c1ccn(C2CC2)c(=O)c1. The average molecular weight is 177 g/mol. The van der Waals surface area contributed by atoms with Crippen molar-refractivity contribution in [1.29, 1.82) is 0 Å². The molecule has 2 nitrogen and oxygen atoms in total. The van der Waals surface area contributed by atoms with Gasteiger partial charge in [0, 0.05) is 18.3 Å². The fourth-order valence-electron chi connectivity index (χ4n) is 1.52. The Morgan fingerprint density at radius 1 is 1.46 bits per heavy atom. The van der Waals surface area contributed by atoms with Crippen molar-refractivity contribution in [2.45, 2.75) is 38.6 Å². The molecule has 0 N–H and O–H groups in total. The number of nitrogens with zero attached hydrogens (tertiary/aromatic N) is 1. The molecule has 0 bridgehead atoms. The summed E-state index contributed by atoms with van der Waals surface area (Å²) in [6.07, 6.45) is 4.27. The molecule has 0 radical (unpaired) electrons. The Morgan fingerprint density at radius 3 is 2.62 bits per heavy atom. The summed E-state index contributed by atoms with van der Waals surface area (Å²) in [6, 6.07) is 4.32. The van der Waals surface area contributed by atoms with Gasteiger partial charge in [-0.1, -0.05) is 13.8 Å². The highest BCUT2D eigenvalue weighted by Gasteiger charge is 2.23. The van der Waals surface area contributed by atoms with Crippen LogP contribution in [0.2, 0.25) is 0 Å². The van der Waals surface area contributed by atoms with Crippen LogP contribution in [0.15, 0.2) is 23.1 Å². The first kappa shape index (κ1) is 8.54. The van der Waals surface area contributed by atoms with E-state index in [4.69, 9.17) is 0 Å². The molecule has 1 saturated carbocycles. The van der Waals surface area contributed by atoms with Crippen LogP contribution in [0.3, 0.4) is 0 Å². The van der Waals surface area contributed by atoms with Crippen LogP contribution in [-0.2, 0) is 0 Å². The monoisotopic (exact) mass is 177 g/mol. The summed E-state index contributed by atoms with van der Waals surface area (Å²) in [5.74, 6) is 0.446. The molecule has 1 fully saturated rings. The van der Waals surface area contributed by atoms with Crippen LogP contribution in [0.4, 0.5) is 0 Å². The molecule has 0 aromatic carbocycles. The Balaban J connectivity index is 2.37. The van der Waals surface area contributed by atoms with Gasteiger partial charge in [-0.05, 0) is 30.4 Å². The van der Waals surface area contributed by atoms with Gasteiger partial charge >= 0.3 is 0 Å². The Bertz CT molecular complexity index is 361. The standard InChI is InChI=1S/C11H15NO/c1-8(2)9-5-6-12(10-3-4-10)11(13)7-9/h5-8,10H,3-4H2,1-2H3. The molecule has 1 aromatic rings. The lowest BCUT2D eigenvalue weighted by atomic mass is 10.1. The quantitative estimate of drug-likeness (QED) is 0.679. The van der Waals surface area contributed by atoms with E-state index in [0.29, 0.717) is 12.0 Å². The highest BCUT2D eigenvalue weighted by molar-refractivity contribution is 5.15. The summed E-state index contributed by atoms with van der Waals surface area (Å²) in [4.78, 5) is 11.6. The number of hydrogen-bond donors (Lipinski definition) is 0. The van der Waals surface area contributed by atoms with Crippen molar-refractivity contribution in [1.82, 2.24) is 4.57 Å². The maximum Gasteiger partial charge on any atom is 0.251 e. The summed E-state index contributed by atoms with van der Waals surface area (Å²) in [5.41, 5.74) is 1.30. The lowest BCUT2D eigenvalue weighted by molar-refractivity contribution is 0.698. The summed E-state index contributed by atoms with van der Waals surface area (Å²) < 4.78 is 1.85. The minimum absolute atomic E-state index is 0.161. The maximum absolute atomic E-state index is 11.6. The van der Waals surface area contributed by atoms with Gasteiger partial charge in [0.15, 0.2) is 0 Å². The van der Waals surface area contributed by atoms with E-state index in [1.54, 1.807) is 6.07 Å². The van der Waals surface area contributed by atoms with Gasteiger partial charge < -0.3 is 4.57 Å². The second-order valence-corrected chi connectivity index (χ2v) is 4.09. The zero-order chi connectivity index (χ0) is 9.42. The molecule has 13 heavy (non-hydrogen) atoms. The summed E-state index contributed by atoms with van der Waals surface area (Å²) >= 11 is 0. The lowest BCUT2D eigenvalue weighted by Gasteiger charge is -2.07. The number of aromatic nitrogens is 1. The molecule has 0 unspecified atom stereocenters. The first-order valence-electron chi connectivity index (χ1n) is 4.90. The first-order valence-corrected chi connectivity index (χ1v) is 4.90. The number of hydrogen-bond acceptors (Lipinski definition) is 1. The van der Waals surface area contributed by atoms with Crippen molar-refractivity contribution in [2.24, 2.45) is 0 Å². The highest BCUT2D eigenvalue weighted by atomic mass is 16.1. The molecule has 1 aliphatic carbocycles. The topological polar surface area (TPSA) is 22.0 Å². The molecular formula is C11H15NO. The zero-order valence-electron chi connectivity index (χ0n) is 8.16. The van der Waals surface area contributed by atoms with Crippen molar-refractivity contribution in [3.05, 3.63) is 34.2 Å². The molecule has 0 saturated heterocycles. The second kappa shape index (κ2) is 3.02. The second-order valence-electron chi connectivity index (χ2n) is 4.09. The van der Waals surface area contributed by atoms with E-state index >= 15 is 0 Å². The van der Waals surface area contributed by atoms with Crippen molar-refractivity contribution in [3.63, 3.8) is 0 Å². The molecule has 2 heteroatoms. The summed E-state index contributed by atoms with van der Waals surface area (Å²) in [7, 11) is 0. The van der Waals surface area contributed by atoms with E-state index in [2.05, 4.69) is 19.9 Å². The van der Waals surface area contributed by atoms with E-state index in [0.717, 1.165) is 5.56 Å². The van der Waals surface area contributed by atoms with E-state index in [-0.39, 0.29) is 5.56 Å².